The van der Waals surface area contributed by atoms with Crippen molar-refractivity contribution in [3.63, 3.8) is 0 Å². The van der Waals surface area contributed by atoms with Crippen LogP contribution in [0, 0.1) is 0 Å². The van der Waals surface area contributed by atoms with Crippen LogP contribution in [0.1, 0.15) is 13.3 Å². The Morgan fingerprint density at radius 2 is 1.67 bits per heavy atom. The number of halogens is 4. The second kappa shape index (κ2) is 4.45. The van der Waals surface area contributed by atoms with E-state index >= 15 is 0 Å². The first-order valence-electron chi connectivity index (χ1n) is 3.79. The van der Waals surface area contributed by atoms with Crippen molar-refractivity contribution in [3.05, 3.63) is 0 Å². The van der Waals surface area contributed by atoms with Gasteiger partial charge in [0.25, 0.3) is 0 Å². The minimum Gasteiger partial charge on any atom is -0.477 e. The predicted molar refractivity (Wildman–Crippen MR) is 38.8 cm³/mol. The zero-order valence-electron chi connectivity index (χ0n) is 7.60. The smallest absolute Gasteiger partial charge is 0.377 e. The summed E-state index contributed by atoms with van der Waals surface area (Å²) in [6.45, 7) is 0.802. The average molecular weight is 232 g/mol. The van der Waals surface area contributed by atoms with Gasteiger partial charge in [-0.05, 0) is 6.92 Å². The number of ether oxygens (including phenoxy) is 1. The molecule has 0 amide bonds. The second-order valence-electron chi connectivity index (χ2n) is 2.61. The van der Waals surface area contributed by atoms with E-state index in [1.165, 1.54) is 6.92 Å². The van der Waals surface area contributed by atoms with Gasteiger partial charge in [-0.25, -0.2) is 9.59 Å². The van der Waals surface area contributed by atoms with Gasteiger partial charge < -0.3 is 9.84 Å². The quantitative estimate of drug-likeness (QED) is 0.573. The van der Waals surface area contributed by atoms with Gasteiger partial charge in [-0.15, -0.1) is 0 Å². The number of hydrogen-bond acceptors (Lipinski definition) is 3. The van der Waals surface area contributed by atoms with Gasteiger partial charge in [-0.2, -0.15) is 17.6 Å². The molecule has 15 heavy (non-hydrogen) atoms. The Morgan fingerprint density at radius 1 is 1.20 bits per heavy atom. The lowest BCUT2D eigenvalue weighted by molar-refractivity contribution is -0.192. The van der Waals surface area contributed by atoms with Gasteiger partial charge in [-0.1, -0.05) is 0 Å². The maximum Gasteiger partial charge on any atom is 0.377 e. The van der Waals surface area contributed by atoms with Crippen molar-refractivity contribution >= 4 is 11.9 Å². The van der Waals surface area contributed by atoms with Crippen LogP contribution < -0.4 is 0 Å². The topological polar surface area (TPSA) is 63.6 Å². The van der Waals surface area contributed by atoms with Crippen molar-refractivity contribution in [1.29, 1.82) is 0 Å². The van der Waals surface area contributed by atoms with Crippen LogP contribution >= 0.6 is 0 Å². The first-order valence-corrected chi connectivity index (χ1v) is 3.79. The number of carboxylic acid groups (broad SMARTS) is 1. The Balaban J connectivity index is 4.63. The van der Waals surface area contributed by atoms with Crippen molar-refractivity contribution in [2.75, 3.05) is 6.61 Å². The highest BCUT2D eigenvalue weighted by molar-refractivity contribution is 5.81. The zero-order valence-corrected chi connectivity index (χ0v) is 7.60. The standard InChI is InChI=1S/C7H8F4O4/c1-2-15-5(14)7(10,11)3-6(8,9)4(12)13/h2-3H2,1H3,(H,12,13). The number of esters is 1. The van der Waals surface area contributed by atoms with Crippen LogP contribution in [0.4, 0.5) is 17.6 Å². The molecule has 0 rings (SSSR count). The minimum absolute atomic E-state index is 0.410. The minimum atomic E-state index is -4.67. The maximum atomic E-state index is 12.6. The van der Waals surface area contributed by atoms with Crippen LogP contribution in [0.2, 0.25) is 0 Å². The van der Waals surface area contributed by atoms with E-state index in [1.807, 2.05) is 0 Å². The predicted octanol–water partition coefficient (Wildman–Crippen LogP) is 1.29. The summed E-state index contributed by atoms with van der Waals surface area (Å²) >= 11 is 0. The molecular weight excluding hydrogens is 224 g/mol. The van der Waals surface area contributed by atoms with Crippen LogP contribution in [0.3, 0.4) is 0 Å². The van der Waals surface area contributed by atoms with Crippen LogP contribution in [0.5, 0.6) is 0 Å². The SMILES string of the molecule is CCOC(=O)C(F)(F)CC(F)(F)C(=O)O. The monoisotopic (exact) mass is 232 g/mol. The number of carbonyl (C=O) groups excluding carboxylic acids is 1. The van der Waals surface area contributed by atoms with E-state index in [1.54, 1.807) is 0 Å². The Bertz CT molecular complexity index is 264. The zero-order chi connectivity index (χ0) is 12.3. The van der Waals surface area contributed by atoms with E-state index in [0.29, 0.717) is 0 Å². The van der Waals surface area contributed by atoms with Crippen molar-refractivity contribution in [3.8, 4) is 0 Å². The lowest BCUT2D eigenvalue weighted by Crippen LogP contribution is -2.41. The van der Waals surface area contributed by atoms with Crippen molar-refractivity contribution in [2.24, 2.45) is 0 Å². The number of carboxylic acids is 1. The molecule has 0 saturated carbocycles. The highest BCUT2D eigenvalue weighted by Crippen LogP contribution is 2.31. The molecule has 0 aliphatic carbocycles. The van der Waals surface area contributed by atoms with Crippen LogP contribution in [0.15, 0.2) is 0 Å². The molecule has 0 aromatic rings. The van der Waals surface area contributed by atoms with Gasteiger partial charge in [0.15, 0.2) is 0 Å². The molecule has 8 heteroatoms. The van der Waals surface area contributed by atoms with E-state index in [0.717, 1.165) is 0 Å². The van der Waals surface area contributed by atoms with Crippen molar-refractivity contribution in [1.82, 2.24) is 0 Å². The molecule has 0 atom stereocenters. The Kier molecular flexibility index (Phi) is 4.06. The fourth-order valence-corrected chi connectivity index (χ4v) is 0.663. The summed E-state index contributed by atoms with van der Waals surface area (Å²) in [5.74, 6) is -14.1. The van der Waals surface area contributed by atoms with Gasteiger partial charge in [0, 0.05) is 0 Å². The number of alkyl halides is 4. The Morgan fingerprint density at radius 3 is 2.00 bits per heavy atom. The van der Waals surface area contributed by atoms with E-state index in [2.05, 4.69) is 4.74 Å². The lowest BCUT2D eigenvalue weighted by Gasteiger charge is -2.18. The summed E-state index contributed by atoms with van der Waals surface area (Å²) in [4.78, 5) is 20.3. The molecule has 0 aromatic heterocycles. The molecule has 0 heterocycles. The fourth-order valence-electron chi connectivity index (χ4n) is 0.663. The molecular formula is C7H8F4O4. The third kappa shape index (κ3) is 3.72. The number of rotatable bonds is 5. The molecule has 0 unspecified atom stereocenters. The summed E-state index contributed by atoms with van der Waals surface area (Å²) < 4.78 is 53.8. The van der Waals surface area contributed by atoms with E-state index < -0.39 is 36.8 Å². The van der Waals surface area contributed by atoms with E-state index in [9.17, 15) is 27.2 Å². The molecule has 0 spiro atoms. The fraction of sp³-hybridized carbons (Fsp3) is 0.714. The molecule has 0 radical (unpaired) electrons. The molecule has 0 fully saturated rings. The lowest BCUT2D eigenvalue weighted by atomic mass is 10.1. The number of carbonyl (C=O) groups is 2. The number of hydrogen-bond donors (Lipinski definition) is 1. The summed E-state index contributed by atoms with van der Waals surface area (Å²) in [6.07, 6.45) is -2.41. The van der Waals surface area contributed by atoms with Gasteiger partial charge in [0.2, 0.25) is 0 Å². The summed E-state index contributed by atoms with van der Waals surface area (Å²) in [5, 5.41) is 7.88. The van der Waals surface area contributed by atoms with Crippen LogP contribution in [-0.4, -0.2) is 35.5 Å². The van der Waals surface area contributed by atoms with Crippen molar-refractivity contribution in [2.45, 2.75) is 25.2 Å². The molecule has 1 N–H and O–H groups in total. The van der Waals surface area contributed by atoms with Gasteiger partial charge in [-0.3, -0.25) is 0 Å². The van der Waals surface area contributed by atoms with Crippen molar-refractivity contribution < 1.29 is 37.0 Å². The Labute approximate surface area is 81.8 Å². The normalized spacial score (nSPS) is 12.3. The maximum absolute atomic E-state index is 12.6. The molecule has 0 aliphatic rings. The second-order valence-corrected chi connectivity index (χ2v) is 2.61. The van der Waals surface area contributed by atoms with Gasteiger partial charge >= 0.3 is 23.8 Å². The largest absolute Gasteiger partial charge is 0.477 e. The molecule has 88 valence electrons. The summed E-state index contributed by atoms with van der Waals surface area (Å²) in [5.41, 5.74) is 0. The average Bonchev–Trinajstić information content (AvgIpc) is 2.02. The molecule has 0 bridgehead atoms. The third-order valence-corrected chi connectivity index (χ3v) is 1.33. The van der Waals surface area contributed by atoms with Crippen LogP contribution in [0.25, 0.3) is 0 Å². The third-order valence-electron chi connectivity index (χ3n) is 1.33. The number of aliphatic carboxylic acids is 1. The molecule has 0 aromatic carbocycles. The highest BCUT2D eigenvalue weighted by Gasteiger charge is 2.54. The molecule has 4 nitrogen and oxygen atoms in total. The molecule has 0 aliphatic heterocycles. The summed E-state index contributed by atoms with van der Waals surface area (Å²) in [6, 6.07) is 0. The van der Waals surface area contributed by atoms with Gasteiger partial charge in [0.05, 0.1) is 13.0 Å². The van der Waals surface area contributed by atoms with Gasteiger partial charge in [0.1, 0.15) is 0 Å². The summed E-state index contributed by atoms with van der Waals surface area (Å²) in [7, 11) is 0. The highest BCUT2D eigenvalue weighted by atomic mass is 19.3. The first-order chi connectivity index (χ1) is 6.63. The molecule has 0 saturated heterocycles. The first kappa shape index (κ1) is 13.7. The Hall–Kier alpha value is -1.34. The van der Waals surface area contributed by atoms with E-state index in [4.69, 9.17) is 5.11 Å². The van der Waals surface area contributed by atoms with E-state index in [-0.39, 0.29) is 0 Å². The van der Waals surface area contributed by atoms with Crippen LogP contribution in [-0.2, 0) is 14.3 Å².